The maximum Gasteiger partial charge on any atom is 0.259 e. The van der Waals surface area contributed by atoms with Crippen LogP contribution in [0.5, 0.6) is 5.75 Å². The van der Waals surface area contributed by atoms with Gasteiger partial charge in [0.1, 0.15) is 11.3 Å². The van der Waals surface area contributed by atoms with Gasteiger partial charge in [-0.25, -0.2) is 0 Å². The molecule has 1 aromatic rings. The molecule has 1 amide bonds. The van der Waals surface area contributed by atoms with E-state index in [1.807, 2.05) is 20.2 Å². The highest BCUT2D eigenvalue weighted by Gasteiger charge is 2.24. The summed E-state index contributed by atoms with van der Waals surface area (Å²) < 4.78 is 5.53. The molecule has 0 saturated heterocycles. The molecule has 20 heavy (non-hydrogen) atoms. The summed E-state index contributed by atoms with van der Waals surface area (Å²) >= 11 is 1.74. The first kappa shape index (κ1) is 16.7. The monoisotopic (exact) mass is 296 g/mol. The predicted molar refractivity (Wildman–Crippen MR) is 86.6 cm³/mol. The lowest BCUT2D eigenvalue weighted by Gasteiger charge is -2.28. The van der Waals surface area contributed by atoms with Gasteiger partial charge in [-0.15, -0.1) is 0 Å². The highest BCUT2D eigenvalue weighted by molar-refractivity contribution is 7.98. The maximum absolute atomic E-state index is 12.7. The fraction of sp³-hybridized carbons (Fsp3) is 0.533. The molecule has 2 N–H and O–H groups in total. The highest BCUT2D eigenvalue weighted by Crippen LogP contribution is 2.27. The minimum absolute atomic E-state index is 0.0764. The van der Waals surface area contributed by atoms with Gasteiger partial charge in [0, 0.05) is 24.5 Å². The number of hydrogen-bond donors (Lipinski definition) is 1. The minimum Gasteiger partial charge on any atom is -0.493 e. The van der Waals surface area contributed by atoms with Crippen molar-refractivity contribution in [3.8, 4) is 5.75 Å². The van der Waals surface area contributed by atoms with E-state index in [1.165, 1.54) is 0 Å². The third-order valence-electron chi connectivity index (χ3n) is 3.27. The Morgan fingerprint density at radius 2 is 2.15 bits per heavy atom. The molecule has 1 aromatic carbocycles. The Morgan fingerprint density at radius 3 is 2.70 bits per heavy atom. The van der Waals surface area contributed by atoms with Crippen LogP contribution in [0.15, 0.2) is 18.2 Å². The third kappa shape index (κ3) is 3.82. The maximum atomic E-state index is 12.7. The molecule has 0 aliphatic heterocycles. The summed E-state index contributed by atoms with van der Waals surface area (Å²) in [5, 5.41) is 0. The van der Waals surface area contributed by atoms with Crippen molar-refractivity contribution in [2.24, 2.45) is 0 Å². The lowest BCUT2D eigenvalue weighted by Crippen LogP contribution is -2.38. The van der Waals surface area contributed by atoms with Gasteiger partial charge in [0.05, 0.1) is 6.61 Å². The Hall–Kier alpha value is -1.36. The molecule has 0 radical (unpaired) electrons. The number of amides is 1. The molecule has 0 saturated carbocycles. The SMILES string of the molecule is CCOc1cccc(N)c1C(=O)N(C)C(CC)CSC. The minimum atomic E-state index is -0.0764. The molecule has 5 heteroatoms. The fourth-order valence-electron chi connectivity index (χ4n) is 2.09. The Kier molecular flexibility index (Phi) is 6.71. The van der Waals surface area contributed by atoms with E-state index in [9.17, 15) is 4.79 Å². The quantitative estimate of drug-likeness (QED) is 0.786. The number of rotatable bonds is 7. The standard InChI is InChI=1S/C15H24N2O2S/c1-5-11(10-20-4)17(3)15(18)14-12(16)8-7-9-13(14)19-6-2/h7-9,11H,5-6,10,16H2,1-4H3. The topological polar surface area (TPSA) is 55.6 Å². The number of hydrogen-bond acceptors (Lipinski definition) is 4. The summed E-state index contributed by atoms with van der Waals surface area (Å²) in [7, 11) is 1.83. The molecule has 1 unspecified atom stereocenters. The third-order valence-corrected chi connectivity index (χ3v) is 3.99. The van der Waals surface area contributed by atoms with Crippen molar-refractivity contribution < 1.29 is 9.53 Å². The first-order valence-electron chi connectivity index (χ1n) is 6.84. The van der Waals surface area contributed by atoms with Gasteiger partial charge in [-0.2, -0.15) is 11.8 Å². The van der Waals surface area contributed by atoms with E-state index in [0.29, 0.717) is 23.6 Å². The Balaban J connectivity index is 3.07. The highest BCUT2D eigenvalue weighted by atomic mass is 32.2. The van der Waals surface area contributed by atoms with Gasteiger partial charge in [-0.1, -0.05) is 13.0 Å². The first-order valence-corrected chi connectivity index (χ1v) is 8.23. The van der Waals surface area contributed by atoms with Crippen LogP contribution in [-0.4, -0.2) is 42.5 Å². The molecule has 0 bridgehead atoms. The number of nitrogen functional groups attached to an aromatic ring is 1. The van der Waals surface area contributed by atoms with Gasteiger partial charge in [0.2, 0.25) is 0 Å². The zero-order chi connectivity index (χ0) is 15.1. The molecule has 1 atom stereocenters. The molecule has 112 valence electrons. The summed E-state index contributed by atoms with van der Waals surface area (Å²) in [6.45, 7) is 4.49. The van der Waals surface area contributed by atoms with Crippen LogP contribution in [-0.2, 0) is 0 Å². The number of anilines is 1. The molecule has 0 aliphatic carbocycles. The van der Waals surface area contributed by atoms with Crippen molar-refractivity contribution in [1.29, 1.82) is 0 Å². The number of benzene rings is 1. The van der Waals surface area contributed by atoms with Crippen LogP contribution in [0.4, 0.5) is 5.69 Å². The second-order valence-corrected chi connectivity index (χ2v) is 5.50. The average molecular weight is 296 g/mol. The lowest BCUT2D eigenvalue weighted by molar-refractivity contribution is 0.0740. The average Bonchev–Trinajstić information content (AvgIpc) is 2.44. The Labute approximate surface area is 125 Å². The van der Waals surface area contributed by atoms with E-state index in [1.54, 1.807) is 34.9 Å². The summed E-state index contributed by atoms with van der Waals surface area (Å²) in [6.07, 6.45) is 2.96. The summed E-state index contributed by atoms with van der Waals surface area (Å²) in [5.74, 6) is 1.39. The van der Waals surface area contributed by atoms with Crippen molar-refractivity contribution in [1.82, 2.24) is 4.90 Å². The Bertz CT molecular complexity index is 451. The van der Waals surface area contributed by atoms with E-state index in [4.69, 9.17) is 10.5 Å². The predicted octanol–water partition coefficient (Wildman–Crippen LogP) is 2.88. The number of ether oxygens (including phenoxy) is 1. The second-order valence-electron chi connectivity index (χ2n) is 4.59. The zero-order valence-electron chi connectivity index (χ0n) is 12.7. The number of thioether (sulfide) groups is 1. The van der Waals surface area contributed by atoms with Crippen LogP contribution in [0.2, 0.25) is 0 Å². The molecule has 0 fully saturated rings. The molecule has 0 aromatic heterocycles. The zero-order valence-corrected chi connectivity index (χ0v) is 13.5. The molecular weight excluding hydrogens is 272 g/mol. The van der Waals surface area contributed by atoms with Crippen LogP contribution in [0.25, 0.3) is 0 Å². The molecular formula is C15H24N2O2S. The van der Waals surface area contributed by atoms with Crippen molar-refractivity contribution >= 4 is 23.4 Å². The van der Waals surface area contributed by atoms with Gasteiger partial charge in [-0.05, 0) is 31.7 Å². The normalized spacial score (nSPS) is 12.0. The first-order chi connectivity index (χ1) is 9.56. The molecule has 0 heterocycles. The molecule has 0 spiro atoms. The number of carbonyl (C=O) groups is 1. The fourth-order valence-corrected chi connectivity index (χ4v) is 2.93. The van der Waals surface area contributed by atoms with Crippen molar-refractivity contribution in [3.63, 3.8) is 0 Å². The van der Waals surface area contributed by atoms with Crippen LogP contribution < -0.4 is 10.5 Å². The largest absolute Gasteiger partial charge is 0.493 e. The van der Waals surface area contributed by atoms with Crippen LogP contribution in [0.1, 0.15) is 30.6 Å². The van der Waals surface area contributed by atoms with E-state index < -0.39 is 0 Å². The molecule has 4 nitrogen and oxygen atoms in total. The Morgan fingerprint density at radius 1 is 1.45 bits per heavy atom. The molecule has 1 rings (SSSR count). The van der Waals surface area contributed by atoms with E-state index in [2.05, 4.69) is 6.92 Å². The summed E-state index contributed by atoms with van der Waals surface area (Å²) in [5.41, 5.74) is 6.91. The van der Waals surface area contributed by atoms with Crippen LogP contribution in [0.3, 0.4) is 0 Å². The van der Waals surface area contributed by atoms with Gasteiger partial charge < -0.3 is 15.4 Å². The number of nitrogens with two attached hydrogens (primary N) is 1. The van der Waals surface area contributed by atoms with Crippen molar-refractivity contribution in [3.05, 3.63) is 23.8 Å². The number of nitrogens with zero attached hydrogens (tertiary/aromatic N) is 1. The van der Waals surface area contributed by atoms with Gasteiger partial charge in [0.25, 0.3) is 5.91 Å². The summed E-state index contributed by atoms with van der Waals surface area (Å²) in [4.78, 5) is 14.5. The van der Waals surface area contributed by atoms with Gasteiger partial charge in [-0.3, -0.25) is 4.79 Å². The smallest absolute Gasteiger partial charge is 0.259 e. The van der Waals surface area contributed by atoms with E-state index in [0.717, 1.165) is 12.2 Å². The van der Waals surface area contributed by atoms with Crippen molar-refractivity contribution in [2.75, 3.05) is 31.4 Å². The lowest BCUT2D eigenvalue weighted by atomic mass is 10.1. The van der Waals surface area contributed by atoms with Crippen LogP contribution in [0, 0.1) is 0 Å². The summed E-state index contributed by atoms with van der Waals surface area (Å²) in [6, 6.07) is 5.53. The second kappa shape index (κ2) is 8.04. The molecule has 0 aliphatic rings. The van der Waals surface area contributed by atoms with Crippen LogP contribution >= 0.6 is 11.8 Å². The van der Waals surface area contributed by atoms with E-state index >= 15 is 0 Å². The van der Waals surface area contributed by atoms with E-state index in [-0.39, 0.29) is 11.9 Å². The van der Waals surface area contributed by atoms with Crippen molar-refractivity contribution in [2.45, 2.75) is 26.3 Å². The number of carbonyl (C=O) groups excluding carboxylic acids is 1. The van der Waals surface area contributed by atoms with Gasteiger partial charge >= 0.3 is 0 Å². The van der Waals surface area contributed by atoms with Gasteiger partial charge in [0.15, 0.2) is 0 Å².